The molecule has 0 amide bonds. The average Bonchev–Trinajstić information content (AvgIpc) is 2.21. The third-order valence-electron chi connectivity index (χ3n) is 0.319. The molecule has 0 saturated carbocycles. The third kappa shape index (κ3) is 11.3. The Balaban J connectivity index is 2.85. The summed E-state index contributed by atoms with van der Waals surface area (Å²) in [6.07, 6.45) is 0. The van der Waals surface area contributed by atoms with Crippen LogP contribution in [0.2, 0.25) is 0 Å². The van der Waals surface area contributed by atoms with Crippen molar-refractivity contribution in [1.82, 2.24) is 0 Å². The highest BCUT2D eigenvalue weighted by molar-refractivity contribution is 6.13. The Bertz CT molecular complexity index is 126. The predicted molar refractivity (Wildman–Crippen MR) is 24.2 cm³/mol. The first-order chi connectivity index (χ1) is 6.91. The van der Waals surface area contributed by atoms with Gasteiger partial charge in [0.15, 0.2) is 0 Å². The molecule has 0 aromatic heterocycles. The van der Waals surface area contributed by atoms with Crippen LogP contribution in [0.1, 0.15) is 0 Å². The normalized spacial score (nSPS) is 11.0. The molecule has 1 N–H and O–H groups in total. The van der Waals surface area contributed by atoms with E-state index >= 15 is 0 Å². The van der Waals surface area contributed by atoms with Gasteiger partial charge in [0.05, 0.1) is 17.1 Å². The van der Waals surface area contributed by atoms with Crippen molar-refractivity contribution >= 4 is 11.8 Å². The van der Waals surface area contributed by atoms with Gasteiger partial charge < -0.3 is 0 Å². The molecule has 0 spiro atoms. The maximum absolute atomic E-state index is 7.44. The molecule has 14 heteroatoms. The van der Waals surface area contributed by atoms with Gasteiger partial charge in [-0.1, -0.05) is 0 Å². The molecule has 0 heterocycles. The first-order valence-corrected chi connectivity index (χ1v) is 2.57. The van der Waals surface area contributed by atoms with Gasteiger partial charge in [-0.2, -0.15) is 4.99 Å². The molecule has 0 rings (SSSR count). The van der Waals surface area contributed by atoms with Crippen LogP contribution in [0.4, 0.5) is 0 Å². The molecule has 14 heavy (non-hydrogen) atoms. The molecule has 13 nitrogen and oxygen atoms in total. The highest BCUT2D eigenvalue weighted by Crippen LogP contribution is 1.90. The Labute approximate surface area is 78.4 Å². The Hall–Kier alpha value is -0.710. The number of hydrogen-bond acceptors (Lipinski definition) is 13. The molecule has 0 saturated heterocycles. The summed E-state index contributed by atoms with van der Waals surface area (Å²) in [6.45, 7) is 0. The largest absolute Gasteiger partial charge is 0.219 e. The molecule has 0 aliphatic carbocycles. The smallest absolute Gasteiger partial charge is 0.0817 e. The van der Waals surface area contributed by atoms with Crippen LogP contribution in [-0.4, -0.2) is 5.26 Å². The molecule has 0 aliphatic heterocycles. The summed E-state index contributed by atoms with van der Waals surface area (Å²) in [5, 5.41) is 40.3. The maximum Gasteiger partial charge on any atom is 0.0817 e. The monoisotopic (exact) mass is 240 g/mol. The predicted octanol–water partition coefficient (Wildman–Crippen LogP) is 0.381. The van der Waals surface area contributed by atoms with E-state index in [4.69, 9.17) is 5.26 Å². The topological polar surface area (TPSA) is 137 Å². The quantitative estimate of drug-likeness (QED) is 0.245. The lowest BCUT2D eigenvalue weighted by Crippen LogP contribution is -2.01. The summed E-state index contributed by atoms with van der Waals surface area (Å²) in [4.78, 5) is 3.62. The lowest BCUT2D eigenvalue weighted by Gasteiger charge is -1.95. The zero-order valence-corrected chi connectivity index (χ0v) is 6.56. The molecule has 0 aromatic rings. The molecule has 0 aliphatic rings. The van der Waals surface area contributed by atoms with Gasteiger partial charge in [-0.25, -0.2) is 5.26 Å². The minimum Gasteiger partial charge on any atom is -0.219 e. The Morgan fingerprint density at radius 3 is 1.79 bits per heavy atom. The molecule has 0 unspecified atom stereocenters. The Morgan fingerprint density at radius 1 is 0.786 bits per heavy atom. The van der Waals surface area contributed by atoms with Crippen molar-refractivity contribution < 1.29 is 55.6 Å². The lowest BCUT2D eigenvalue weighted by molar-refractivity contribution is -0.854. The fourth-order valence-corrected chi connectivity index (χ4v) is 0.144. The van der Waals surface area contributed by atoms with E-state index in [2.05, 4.69) is 72.0 Å². The van der Waals surface area contributed by atoms with E-state index in [0.717, 1.165) is 0 Å². The summed E-state index contributed by atoms with van der Waals surface area (Å²) in [6, 6.07) is 0. The standard InChI is InChI=1S/ClHN2O11/c1-2-3-5-7-9-11-13-14-12-10-8-6-4/h4H/b3-2+. The fraction of sp³-hybridized carbons (Fsp3) is 0. The lowest BCUT2D eigenvalue weighted by atomic mass is 13.1. The second-order valence-corrected chi connectivity index (χ2v) is 1.00. The SMILES string of the molecule is OOOOOOOOOOO/N=N/Cl. The summed E-state index contributed by atoms with van der Waals surface area (Å²) >= 11 is 4.63. The fourth-order valence-electron chi connectivity index (χ4n) is 0.119. The van der Waals surface area contributed by atoms with Gasteiger partial charge in [0, 0.05) is 25.2 Å². The van der Waals surface area contributed by atoms with Gasteiger partial charge >= 0.3 is 0 Å². The van der Waals surface area contributed by atoms with Gasteiger partial charge in [-0.3, -0.25) is 0 Å². The first kappa shape index (κ1) is 13.3. The van der Waals surface area contributed by atoms with E-state index in [9.17, 15) is 0 Å². The van der Waals surface area contributed by atoms with Gasteiger partial charge in [0.25, 0.3) is 0 Å². The van der Waals surface area contributed by atoms with Crippen LogP contribution in [0, 0.1) is 0 Å². The van der Waals surface area contributed by atoms with Crippen LogP contribution in [0.3, 0.4) is 0 Å². The third-order valence-corrected chi connectivity index (χ3v) is 0.381. The second-order valence-electron chi connectivity index (χ2n) is 0.851. The number of nitrogens with zero attached hydrogens (tertiary/aromatic N) is 2. The van der Waals surface area contributed by atoms with Gasteiger partial charge in [-0.05, 0) is 24.8 Å². The Morgan fingerprint density at radius 2 is 1.29 bits per heavy atom. The van der Waals surface area contributed by atoms with E-state index < -0.39 is 0 Å². The van der Waals surface area contributed by atoms with Gasteiger partial charge in [0.2, 0.25) is 0 Å². The minimum atomic E-state index is 2.55. The number of rotatable bonds is 10. The highest BCUT2D eigenvalue weighted by atomic mass is 35.5. The van der Waals surface area contributed by atoms with Gasteiger partial charge in [-0.15, -0.1) is 0 Å². The van der Waals surface area contributed by atoms with Crippen molar-refractivity contribution in [2.45, 2.75) is 0 Å². The van der Waals surface area contributed by atoms with Crippen molar-refractivity contribution in [3.63, 3.8) is 0 Å². The molecule has 0 bridgehead atoms. The van der Waals surface area contributed by atoms with E-state index in [-0.39, 0.29) is 0 Å². The Kier molecular flexibility index (Phi) is 11.7. The van der Waals surface area contributed by atoms with Crippen LogP contribution in [-0.2, 0) is 50.3 Å². The molecule has 0 radical (unpaired) electrons. The van der Waals surface area contributed by atoms with E-state index in [1.165, 1.54) is 0 Å². The highest BCUT2D eigenvalue weighted by Gasteiger charge is 1.95. The summed E-state index contributed by atoms with van der Waals surface area (Å²) in [5.41, 5.74) is 0. The summed E-state index contributed by atoms with van der Waals surface area (Å²) in [7, 11) is 0. The van der Waals surface area contributed by atoms with Gasteiger partial charge in [0.1, 0.15) is 0 Å². The van der Waals surface area contributed by atoms with Crippen molar-refractivity contribution in [1.29, 1.82) is 0 Å². The van der Waals surface area contributed by atoms with Crippen molar-refractivity contribution in [2.24, 2.45) is 9.91 Å². The molecule has 84 valence electrons. The minimum absolute atomic E-state index is 2.55. The number of halogens is 1. The molecule has 0 fully saturated rings. The molecular weight excluding hydrogens is 239 g/mol. The van der Waals surface area contributed by atoms with E-state index in [1.807, 2.05) is 0 Å². The van der Waals surface area contributed by atoms with Crippen LogP contribution in [0.25, 0.3) is 0 Å². The second kappa shape index (κ2) is 12.3. The van der Waals surface area contributed by atoms with E-state index in [0.29, 0.717) is 0 Å². The molecular formula is HClN2O11. The van der Waals surface area contributed by atoms with Crippen LogP contribution in [0.15, 0.2) is 9.91 Å². The first-order valence-electron chi connectivity index (χ1n) is 2.23. The number of hydrogen-bond donors (Lipinski definition) is 1. The zero-order chi connectivity index (χ0) is 10.5. The average molecular weight is 240 g/mol. The van der Waals surface area contributed by atoms with Crippen LogP contribution in [0.5, 0.6) is 0 Å². The summed E-state index contributed by atoms with van der Waals surface area (Å²) in [5.74, 6) is 0. The van der Waals surface area contributed by atoms with E-state index in [1.54, 1.807) is 0 Å². The summed E-state index contributed by atoms with van der Waals surface area (Å²) < 4.78 is 2.55. The molecule has 0 aromatic carbocycles. The van der Waals surface area contributed by atoms with Crippen LogP contribution >= 0.6 is 11.8 Å². The van der Waals surface area contributed by atoms with Crippen molar-refractivity contribution in [3.05, 3.63) is 0 Å². The van der Waals surface area contributed by atoms with Crippen molar-refractivity contribution in [2.75, 3.05) is 0 Å². The maximum atomic E-state index is 7.44. The molecule has 0 atom stereocenters. The zero-order valence-electron chi connectivity index (χ0n) is 5.80. The van der Waals surface area contributed by atoms with Crippen molar-refractivity contribution in [3.8, 4) is 0 Å². The van der Waals surface area contributed by atoms with Crippen LogP contribution < -0.4 is 0 Å².